The molecule has 3 nitrogen and oxygen atoms in total. The summed E-state index contributed by atoms with van der Waals surface area (Å²) in [5.74, 6) is -3.61. The zero-order valence-corrected chi connectivity index (χ0v) is 13.1. The molecule has 2 aliphatic heterocycles. The molecule has 3 rings (SSSR count). The van der Waals surface area contributed by atoms with Crippen LogP contribution >= 0.6 is 12.4 Å². The standard InChI is InChI=1S/C15H20F3N3.ClH/c16-13-7-11(8-14(17)15(13)18)10-20-3-5-21(6-4-20)12-1-2-19-9-12;/h7-8,12,19H,1-6,9-10H2;1H. The van der Waals surface area contributed by atoms with Crippen LogP contribution in [0.2, 0.25) is 0 Å². The summed E-state index contributed by atoms with van der Waals surface area (Å²) in [6.45, 7) is 6.28. The summed E-state index contributed by atoms with van der Waals surface area (Å²) in [6.07, 6.45) is 1.19. The van der Waals surface area contributed by atoms with Gasteiger partial charge in [-0.05, 0) is 30.7 Å². The van der Waals surface area contributed by atoms with Crippen molar-refractivity contribution in [2.24, 2.45) is 0 Å². The van der Waals surface area contributed by atoms with Crippen molar-refractivity contribution in [1.29, 1.82) is 0 Å². The number of piperazine rings is 1. The van der Waals surface area contributed by atoms with Gasteiger partial charge < -0.3 is 5.32 Å². The largest absolute Gasteiger partial charge is 0.315 e. The lowest BCUT2D eigenvalue weighted by atomic mass is 10.1. The minimum Gasteiger partial charge on any atom is -0.315 e. The molecule has 1 aromatic rings. The van der Waals surface area contributed by atoms with Crippen molar-refractivity contribution < 1.29 is 13.2 Å². The molecule has 7 heteroatoms. The molecule has 0 bridgehead atoms. The molecule has 0 saturated carbocycles. The first kappa shape index (κ1) is 17.5. The Morgan fingerprint density at radius 3 is 2.23 bits per heavy atom. The van der Waals surface area contributed by atoms with E-state index in [1.165, 1.54) is 6.42 Å². The second-order valence-corrected chi connectivity index (χ2v) is 5.83. The number of hydrogen-bond acceptors (Lipinski definition) is 3. The van der Waals surface area contributed by atoms with Gasteiger partial charge in [-0.25, -0.2) is 13.2 Å². The van der Waals surface area contributed by atoms with Crippen molar-refractivity contribution in [3.05, 3.63) is 35.1 Å². The molecule has 2 saturated heterocycles. The van der Waals surface area contributed by atoms with E-state index in [0.29, 0.717) is 18.2 Å². The van der Waals surface area contributed by atoms with Gasteiger partial charge >= 0.3 is 0 Å². The Hall–Kier alpha value is -0.820. The molecular formula is C15H21ClF3N3. The third kappa shape index (κ3) is 3.93. The fraction of sp³-hybridized carbons (Fsp3) is 0.600. The van der Waals surface area contributed by atoms with Crippen LogP contribution in [0.1, 0.15) is 12.0 Å². The third-order valence-corrected chi connectivity index (χ3v) is 4.41. The molecule has 1 unspecified atom stereocenters. The number of benzene rings is 1. The van der Waals surface area contributed by atoms with Crippen molar-refractivity contribution >= 4 is 12.4 Å². The maximum absolute atomic E-state index is 13.2. The van der Waals surface area contributed by atoms with Gasteiger partial charge in [0.05, 0.1) is 0 Å². The molecule has 2 fully saturated rings. The molecule has 0 aromatic heterocycles. The number of rotatable bonds is 3. The topological polar surface area (TPSA) is 18.5 Å². The normalized spacial score (nSPS) is 23.5. The lowest BCUT2D eigenvalue weighted by Crippen LogP contribution is -2.50. The lowest BCUT2D eigenvalue weighted by molar-refractivity contribution is 0.0980. The van der Waals surface area contributed by atoms with Gasteiger partial charge in [-0.2, -0.15) is 0 Å². The van der Waals surface area contributed by atoms with E-state index in [9.17, 15) is 13.2 Å². The van der Waals surface area contributed by atoms with Gasteiger partial charge in [0.25, 0.3) is 0 Å². The second kappa shape index (κ2) is 7.64. The van der Waals surface area contributed by atoms with Crippen LogP contribution in [0.3, 0.4) is 0 Å². The number of nitrogens with one attached hydrogen (secondary N) is 1. The summed E-state index contributed by atoms with van der Waals surface area (Å²) in [4.78, 5) is 4.63. The molecule has 1 atom stereocenters. The highest BCUT2D eigenvalue weighted by Gasteiger charge is 2.26. The Balaban J connectivity index is 0.00000176. The maximum Gasteiger partial charge on any atom is 0.194 e. The number of nitrogens with zero attached hydrogens (tertiary/aromatic N) is 2. The summed E-state index contributed by atoms with van der Waals surface area (Å²) >= 11 is 0. The van der Waals surface area contributed by atoms with Gasteiger partial charge in [0.2, 0.25) is 0 Å². The van der Waals surface area contributed by atoms with Gasteiger partial charge in [0, 0.05) is 45.3 Å². The van der Waals surface area contributed by atoms with Crippen LogP contribution in [-0.2, 0) is 6.54 Å². The summed E-state index contributed by atoms with van der Waals surface area (Å²) in [7, 11) is 0. The first-order valence-electron chi connectivity index (χ1n) is 7.44. The molecule has 1 aromatic carbocycles. The second-order valence-electron chi connectivity index (χ2n) is 5.83. The van der Waals surface area contributed by atoms with Crippen molar-refractivity contribution in [3.63, 3.8) is 0 Å². The molecule has 0 radical (unpaired) electrons. The predicted octanol–water partition coefficient (Wildman–Crippen LogP) is 2.01. The maximum atomic E-state index is 13.2. The first-order valence-corrected chi connectivity index (χ1v) is 7.44. The van der Waals surface area contributed by atoms with Gasteiger partial charge in [-0.3, -0.25) is 9.80 Å². The van der Waals surface area contributed by atoms with Gasteiger partial charge in [-0.15, -0.1) is 12.4 Å². The van der Waals surface area contributed by atoms with E-state index in [2.05, 4.69) is 15.1 Å². The molecule has 22 heavy (non-hydrogen) atoms. The van der Waals surface area contributed by atoms with E-state index in [-0.39, 0.29) is 12.4 Å². The fourth-order valence-electron chi connectivity index (χ4n) is 3.20. The molecule has 1 N–H and O–H groups in total. The van der Waals surface area contributed by atoms with Crippen LogP contribution in [0.15, 0.2) is 12.1 Å². The van der Waals surface area contributed by atoms with Crippen molar-refractivity contribution in [3.8, 4) is 0 Å². The van der Waals surface area contributed by atoms with E-state index in [1.807, 2.05) is 0 Å². The van der Waals surface area contributed by atoms with Gasteiger partial charge in [0.1, 0.15) is 0 Å². The molecule has 0 aliphatic carbocycles. The van der Waals surface area contributed by atoms with Crippen LogP contribution in [0.25, 0.3) is 0 Å². The van der Waals surface area contributed by atoms with E-state index in [1.54, 1.807) is 0 Å². The Kier molecular flexibility index (Phi) is 6.09. The van der Waals surface area contributed by atoms with Crippen molar-refractivity contribution in [2.45, 2.75) is 19.0 Å². The van der Waals surface area contributed by atoms with E-state index in [4.69, 9.17) is 0 Å². The van der Waals surface area contributed by atoms with Crippen LogP contribution < -0.4 is 5.32 Å². The zero-order chi connectivity index (χ0) is 14.8. The third-order valence-electron chi connectivity index (χ3n) is 4.41. The van der Waals surface area contributed by atoms with Crippen LogP contribution in [0.4, 0.5) is 13.2 Å². The summed E-state index contributed by atoms with van der Waals surface area (Å²) in [6, 6.07) is 2.80. The Bertz CT molecular complexity index is 478. The highest BCUT2D eigenvalue weighted by molar-refractivity contribution is 5.85. The lowest BCUT2D eigenvalue weighted by Gasteiger charge is -2.37. The fourth-order valence-corrected chi connectivity index (χ4v) is 3.20. The molecule has 0 amide bonds. The average Bonchev–Trinajstić information content (AvgIpc) is 3.00. The summed E-state index contributed by atoms with van der Waals surface area (Å²) in [5.41, 5.74) is 0.488. The highest BCUT2D eigenvalue weighted by Crippen LogP contribution is 2.17. The summed E-state index contributed by atoms with van der Waals surface area (Å²) < 4.78 is 39.4. The minimum atomic E-state index is -1.39. The van der Waals surface area contributed by atoms with Crippen molar-refractivity contribution in [1.82, 2.24) is 15.1 Å². The van der Waals surface area contributed by atoms with Gasteiger partial charge in [0.15, 0.2) is 17.5 Å². The predicted molar refractivity (Wildman–Crippen MR) is 81.7 cm³/mol. The average molecular weight is 336 g/mol. The Morgan fingerprint density at radius 1 is 1.05 bits per heavy atom. The van der Waals surface area contributed by atoms with Crippen LogP contribution in [-0.4, -0.2) is 55.1 Å². The smallest absolute Gasteiger partial charge is 0.194 e. The van der Waals surface area contributed by atoms with E-state index in [0.717, 1.165) is 51.4 Å². The Labute approximate surface area is 134 Å². The first-order chi connectivity index (χ1) is 10.1. The number of hydrogen-bond donors (Lipinski definition) is 1. The highest BCUT2D eigenvalue weighted by atomic mass is 35.5. The minimum absolute atomic E-state index is 0. The zero-order valence-electron chi connectivity index (χ0n) is 12.3. The monoisotopic (exact) mass is 335 g/mol. The molecule has 0 spiro atoms. The van der Waals surface area contributed by atoms with E-state index < -0.39 is 17.5 Å². The molecule has 2 aliphatic rings. The molecule has 124 valence electrons. The Morgan fingerprint density at radius 2 is 1.68 bits per heavy atom. The molecular weight excluding hydrogens is 315 g/mol. The van der Waals surface area contributed by atoms with Crippen LogP contribution in [0.5, 0.6) is 0 Å². The van der Waals surface area contributed by atoms with Crippen LogP contribution in [0, 0.1) is 17.5 Å². The summed E-state index contributed by atoms with van der Waals surface area (Å²) in [5, 5.41) is 3.36. The van der Waals surface area contributed by atoms with Gasteiger partial charge in [-0.1, -0.05) is 0 Å². The quantitative estimate of drug-likeness (QED) is 0.853. The van der Waals surface area contributed by atoms with E-state index >= 15 is 0 Å². The molecule has 2 heterocycles. The SMILES string of the molecule is Cl.Fc1cc(CN2CCN(C3CCNC3)CC2)cc(F)c1F. The number of halogens is 4. The van der Waals surface area contributed by atoms with Crippen molar-refractivity contribution in [2.75, 3.05) is 39.3 Å².